The van der Waals surface area contributed by atoms with E-state index in [2.05, 4.69) is 48.5 Å². The van der Waals surface area contributed by atoms with Gasteiger partial charge in [-0.15, -0.1) is 0 Å². The Morgan fingerprint density at radius 3 is 1.60 bits per heavy atom. The maximum Gasteiger partial charge on any atom is -0.0383 e. The second-order valence-corrected chi connectivity index (χ2v) is 7.66. The number of hydrogen-bond acceptors (Lipinski definition) is 0. The molecule has 0 aliphatic rings. The average Bonchev–Trinajstić information content (AvgIpc) is 1.97. The summed E-state index contributed by atoms with van der Waals surface area (Å²) in [6, 6.07) is 0. The van der Waals surface area contributed by atoms with E-state index in [9.17, 15) is 0 Å². The van der Waals surface area contributed by atoms with Gasteiger partial charge < -0.3 is 0 Å². The molecule has 0 amide bonds. The average molecular weight is 212 g/mol. The Balaban J connectivity index is 3.54. The van der Waals surface area contributed by atoms with Crippen LogP contribution in [-0.2, 0) is 0 Å². The lowest BCUT2D eigenvalue weighted by Gasteiger charge is -2.22. The molecule has 1 unspecified atom stereocenters. The molecule has 0 rings (SSSR count). The molecule has 0 bridgehead atoms. The fourth-order valence-electron chi connectivity index (χ4n) is 1.80. The Kier molecular flexibility index (Phi) is 5.92. The summed E-state index contributed by atoms with van der Waals surface area (Å²) in [5.41, 5.74) is 1.03. The molecular weight excluding hydrogens is 180 g/mol. The van der Waals surface area contributed by atoms with Gasteiger partial charge in [0.2, 0.25) is 0 Å². The Labute approximate surface area is 97.8 Å². The van der Waals surface area contributed by atoms with Gasteiger partial charge in [-0.1, -0.05) is 67.7 Å². The third kappa shape index (κ3) is 11.9. The molecule has 0 N–H and O–H groups in total. The fourth-order valence-corrected chi connectivity index (χ4v) is 1.80. The minimum absolute atomic E-state index is 0.512. The molecule has 0 aromatic rings. The zero-order valence-electron chi connectivity index (χ0n) is 12.1. The summed E-state index contributed by atoms with van der Waals surface area (Å²) in [5, 5.41) is 0. The molecular formula is C15H32. The molecule has 0 heterocycles. The number of hydrogen-bond donors (Lipinski definition) is 0. The Morgan fingerprint density at radius 1 is 0.733 bits per heavy atom. The van der Waals surface area contributed by atoms with E-state index in [4.69, 9.17) is 0 Å². The Bertz CT molecular complexity index is 154. The normalized spacial score (nSPS) is 15.4. The molecule has 0 heteroatoms. The van der Waals surface area contributed by atoms with Crippen molar-refractivity contribution < 1.29 is 0 Å². The van der Waals surface area contributed by atoms with E-state index in [0.29, 0.717) is 10.8 Å². The van der Waals surface area contributed by atoms with Crippen molar-refractivity contribution >= 4 is 0 Å². The van der Waals surface area contributed by atoms with Crippen LogP contribution < -0.4 is 0 Å². The van der Waals surface area contributed by atoms with Gasteiger partial charge in [0.15, 0.2) is 0 Å². The summed E-state index contributed by atoms with van der Waals surface area (Å²) in [6.45, 7) is 16.5. The fraction of sp³-hybridized carbons (Fsp3) is 1.00. The second-order valence-electron chi connectivity index (χ2n) is 7.66. The summed E-state index contributed by atoms with van der Waals surface area (Å²) in [6.07, 6.45) is 6.94. The van der Waals surface area contributed by atoms with Crippen LogP contribution in [0.25, 0.3) is 0 Å². The van der Waals surface area contributed by atoms with E-state index in [-0.39, 0.29) is 0 Å². The van der Waals surface area contributed by atoms with Gasteiger partial charge in [0.1, 0.15) is 0 Å². The zero-order valence-corrected chi connectivity index (χ0v) is 12.1. The maximum absolute atomic E-state index is 2.41. The third-order valence-electron chi connectivity index (χ3n) is 3.01. The highest BCUT2D eigenvalue weighted by molar-refractivity contribution is 4.66. The van der Waals surface area contributed by atoms with Crippen LogP contribution in [0.5, 0.6) is 0 Å². The van der Waals surface area contributed by atoms with Crippen molar-refractivity contribution in [3.05, 3.63) is 0 Å². The smallest absolute Gasteiger partial charge is 0.0383 e. The van der Waals surface area contributed by atoms with Crippen LogP contribution in [0.3, 0.4) is 0 Å². The maximum atomic E-state index is 2.41. The highest BCUT2D eigenvalue weighted by Gasteiger charge is 2.14. The van der Waals surface area contributed by atoms with Crippen molar-refractivity contribution in [1.82, 2.24) is 0 Å². The predicted octanol–water partition coefficient (Wildman–Crippen LogP) is 5.67. The molecule has 0 aliphatic carbocycles. The summed E-state index contributed by atoms with van der Waals surface area (Å²) in [7, 11) is 0. The summed E-state index contributed by atoms with van der Waals surface area (Å²) < 4.78 is 0. The highest BCUT2D eigenvalue weighted by Crippen LogP contribution is 2.27. The van der Waals surface area contributed by atoms with E-state index >= 15 is 0 Å². The van der Waals surface area contributed by atoms with Crippen LogP contribution in [0, 0.1) is 16.7 Å². The van der Waals surface area contributed by atoms with Crippen molar-refractivity contribution in [3.8, 4) is 0 Å². The van der Waals surface area contributed by atoms with Crippen molar-refractivity contribution in [1.29, 1.82) is 0 Å². The van der Waals surface area contributed by atoms with E-state index in [1.807, 2.05) is 0 Å². The van der Waals surface area contributed by atoms with Crippen molar-refractivity contribution in [2.75, 3.05) is 0 Å². The first kappa shape index (κ1) is 15.0. The van der Waals surface area contributed by atoms with Crippen molar-refractivity contribution in [2.45, 2.75) is 80.6 Å². The summed E-state index contributed by atoms with van der Waals surface area (Å²) in [4.78, 5) is 0. The number of rotatable bonds is 5. The largest absolute Gasteiger partial charge is 0.0625 e. The standard InChI is InChI=1S/C15H32/c1-13(10-12-15(5,6)7)9-8-11-14(2,3)4/h13H,8-12H2,1-7H3. The third-order valence-corrected chi connectivity index (χ3v) is 3.01. The monoisotopic (exact) mass is 212 g/mol. The van der Waals surface area contributed by atoms with Crippen LogP contribution in [0.15, 0.2) is 0 Å². The molecule has 92 valence electrons. The van der Waals surface area contributed by atoms with Crippen LogP contribution in [0.4, 0.5) is 0 Å². The Morgan fingerprint density at radius 2 is 1.20 bits per heavy atom. The molecule has 0 aromatic heterocycles. The molecule has 0 radical (unpaired) electrons. The van der Waals surface area contributed by atoms with Crippen LogP contribution in [0.2, 0.25) is 0 Å². The lowest BCUT2D eigenvalue weighted by atomic mass is 9.84. The molecule has 0 nitrogen and oxygen atoms in total. The SMILES string of the molecule is CC(CCCC(C)(C)C)CCC(C)(C)C. The predicted molar refractivity (Wildman–Crippen MR) is 71.2 cm³/mol. The summed E-state index contributed by atoms with van der Waals surface area (Å²) in [5.74, 6) is 0.909. The molecule has 1 atom stereocenters. The summed E-state index contributed by atoms with van der Waals surface area (Å²) >= 11 is 0. The van der Waals surface area contributed by atoms with Crippen molar-refractivity contribution in [2.24, 2.45) is 16.7 Å². The van der Waals surface area contributed by atoms with E-state index in [1.54, 1.807) is 0 Å². The lowest BCUT2D eigenvalue weighted by molar-refractivity contribution is 0.301. The van der Waals surface area contributed by atoms with Gasteiger partial charge in [-0.05, 0) is 29.6 Å². The van der Waals surface area contributed by atoms with Gasteiger partial charge >= 0.3 is 0 Å². The first-order valence-electron chi connectivity index (χ1n) is 6.60. The minimum Gasteiger partial charge on any atom is -0.0625 e. The quantitative estimate of drug-likeness (QED) is 0.551. The lowest BCUT2D eigenvalue weighted by Crippen LogP contribution is -2.09. The highest BCUT2D eigenvalue weighted by atomic mass is 14.2. The molecule has 15 heavy (non-hydrogen) atoms. The van der Waals surface area contributed by atoms with Crippen LogP contribution in [-0.4, -0.2) is 0 Å². The molecule has 0 aromatic carbocycles. The molecule has 0 saturated heterocycles. The van der Waals surface area contributed by atoms with E-state index in [1.165, 1.54) is 32.1 Å². The van der Waals surface area contributed by atoms with Gasteiger partial charge in [-0.25, -0.2) is 0 Å². The van der Waals surface area contributed by atoms with Crippen LogP contribution in [0.1, 0.15) is 80.6 Å². The van der Waals surface area contributed by atoms with Gasteiger partial charge in [0.05, 0.1) is 0 Å². The van der Waals surface area contributed by atoms with E-state index in [0.717, 1.165) is 5.92 Å². The molecule has 0 fully saturated rings. The zero-order chi connectivity index (χ0) is 12.1. The van der Waals surface area contributed by atoms with E-state index < -0.39 is 0 Å². The molecule has 0 aliphatic heterocycles. The van der Waals surface area contributed by atoms with Gasteiger partial charge in [-0.3, -0.25) is 0 Å². The Hall–Kier alpha value is 0. The van der Waals surface area contributed by atoms with Crippen LogP contribution >= 0.6 is 0 Å². The topological polar surface area (TPSA) is 0 Å². The van der Waals surface area contributed by atoms with Crippen molar-refractivity contribution in [3.63, 3.8) is 0 Å². The first-order valence-corrected chi connectivity index (χ1v) is 6.60. The van der Waals surface area contributed by atoms with Gasteiger partial charge in [0.25, 0.3) is 0 Å². The first-order chi connectivity index (χ1) is 6.60. The van der Waals surface area contributed by atoms with Gasteiger partial charge in [0, 0.05) is 0 Å². The minimum atomic E-state index is 0.512. The second kappa shape index (κ2) is 5.92. The molecule has 0 spiro atoms. The van der Waals surface area contributed by atoms with Gasteiger partial charge in [-0.2, -0.15) is 0 Å². The molecule has 0 saturated carbocycles.